The summed E-state index contributed by atoms with van der Waals surface area (Å²) in [7, 11) is -3.44. The molecule has 1 unspecified atom stereocenters. The van der Waals surface area contributed by atoms with Gasteiger partial charge in [-0.1, -0.05) is 17.7 Å². The Morgan fingerprint density at radius 1 is 1.22 bits per heavy atom. The molecule has 4 aromatic rings. The van der Waals surface area contributed by atoms with Gasteiger partial charge in [0.1, 0.15) is 16.5 Å². The molecular formula is C25H23ClF2N6O2S. The van der Waals surface area contributed by atoms with Gasteiger partial charge >= 0.3 is 0 Å². The van der Waals surface area contributed by atoms with Crippen LogP contribution in [0.2, 0.25) is 5.02 Å². The number of hydrogen-bond acceptors (Lipinski definition) is 6. The van der Waals surface area contributed by atoms with Crippen LogP contribution in [-0.2, 0) is 16.7 Å². The van der Waals surface area contributed by atoms with Crippen LogP contribution in [0, 0.1) is 30.3 Å². The van der Waals surface area contributed by atoms with Crippen molar-refractivity contribution in [2.75, 3.05) is 6.26 Å². The lowest BCUT2D eigenvalue weighted by Crippen LogP contribution is -2.24. The number of rotatable bonds is 5. The maximum Gasteiger partial charge on any atom is 0.274 e. The predicted molar refractivity (Wildman–Crippen MR) is 136 cm³/mol. The summed E-state index contributed by atoms with van der Waals surface area (Å²) >= 11 is 6.53. The molecule has 3 heterocycles. The van der Waals surface area contributed by atoms with Crippen LogP contribution in [0.3, 0.4) is 0 Å². The summed E-state index contributed by atoms with van der Waals surface area (Å²) in [5, 5.41) is 7.73. The molecule has 0 amide bonds. The molecule has 3 atom stereocenters. The molecule has 1 aromatic carbocycles. The third-order valence-electron chi connectivity index (χ3n) is 6.48. The maximum absolute atomic E-state index is 16.0. The minimum atomic E-state index is -3.44. The van der Waals surface area contributed by atoms with Crippen molar-refractivity contribution in [3.63, 3.8) is 0 Å². The van der Waals surface area contributed by atoms with Crippen LogP contribution in [0.25, 0.3) is 16.9 Å². The van der Waals surface area contributed by atoms with E-state index in [9.17, 15) is 9.00 Å². The van der Waals surface area contributed by atoms with Crippen molar-refractivity contribution >= 4 is 21.3 Å². The maximum atomic E-state index is 16.0. The summed E-state index contributed by atoms with van der Waals surface area (Å²) in [5.74, 6) is -2.41. The number of aryl methyl sites for hydroxylation is 3. The van der Waals surface area contributed by atoms with Gasteiger partial charge in [-0.05, 0) is 55.5 Å². The second-order valence-electron chi connectivity index (χ2n) is 9.12. The van der Waals surface area contributed by atoms with Crippen LogP contribution in [0.1, 0.15) is 44.9 Å². The summed E-state index contributed by atoms with van der Waals surface area (Å²) in [6.07, 6.45) is 4.30. The fourth-order valence-corrected chi connectivity index (χ4v) is 5.68. The second-order valence-corrected chi connectivity index (χ2v) is 11.6. The monoisotopic (exact) mass is 547 g/mol. The van der Waals surface area contributed by atoms with Gasteiger partial charge in [-0.2, -0.15) is 15.0 Å². The Labute approximate surface area is 221 Å². The Morgan fingerprint density at radius 3 is 2.65 bits per heavy atom. The number of halogens is 3. The van der Waals surface area contributed by atoms with E-state index in [1.165, 1.54) is 30.6 Å². The molecule has 12 heteroatoms. The van der Waals surface area contributed by atoms with E-state index in [0.717, 1.165) is 10.8 Å². The molecule has 0 radical (unpaired) electrons. The molecule has 1 saturated carbocycles. The molecule has 37 heavy (non-hydrogen) atoms. The molecule has 8 nitrogen and oxygen atoms in total. The normalized spacial score (nSPS) is 20.1. The van der Waals surface area contributed by atoms with Crippen molar-refractivity contribution in [3.05, 3.63) is 86.2 Å². The van der Waals surface area contributed by atoms with Crippen molar-refractivity contribution < 1.29 is 17.1 Å². The number of nitrogens with zero attached hydrogens (tertiary/aromatic N) is 5. The third kappa shape index (κ3) is 4.25. The lowest BCUT2D eigenvalue weighted by molar-refractivity contribution is 0.586. The number of pyridine rings is 2. The average Bonchev–Trinajstić information content (AvgIpc) is 3.47. The Kier molecular flexibility index (Phi) is 5.17. The molecule has 1 fully saturated rings. The number of hydrogen-bond donors (Lipinski definition) is 1. The van der Waals surface area contributed by atoms with E-state index >= 15 is 8.78 Å². The first-order valence-electron chi connectivity index (χ1n) is 12.6. The summed E-state index contributed by atoms with van der Waals surface area (Å²) < 4.78 is 74.7. The number of aromatic nitrogens is 5. The smallest absolute Gasteiger partial charge is 0.274 e. The van der Waals surface area contributed by atoms with Crippen LogP contribution in [0.15, 0.2) is 46.3 Å². The van der Waals surface area contributed by atoms with Gasteiger partial charge in [-0.3, -0.25) is 14.3 Å². The van der Waals surface area contributed by atoms with Crippen molar-refractivity contribution in [3.8, 4) is 16.9 Å². The molecule has 1 N–H and O–H groups in total. The largest absolute Gasteiger partial charge is 0.277 e. The SMILES string of the molecule is [2H]C([2H])([2H])n1ncc([C@H]2C[C@@H]2c2cc(C)n(-c3c(C)cnc(-c4cccc(S(C)(=N)=O)c4F)c3F)c(=O)c2Cl)n1. The molecule has 0 bridgehead atoms. The third-order valence-corrected chi connectivity index (χ3v) is 8.01. The van der Waals surface area contributed by atoms with Gasteiger partial charge in [0.2, 0.25) is 0 Å². The Morgan fingerprint density at radius 2 is 1.97 bits per heavy atom. The van der Waals surface area contributed by atoms with Crippen LogP contribution < -0.4 is 5.56 Å². The molecule has 1 aliphatic carbocycles. The molecule has 3 aromatic heterocycles. The molecule has 192 valence electrons. The quantitative estimate of drug-likeness (QED) is 0.383. The topological polar surface area (TPSA) is 107 Å². The van der Waals surface area contributed by atoms with Gasteiger partial charge in [0.05, 0.1) is 32.2 Å². The first-order valence-corrected chi connectivity index (χ1v) is 13.5. The minimum absolute atomic E-state index is 0.133. The minimum Gasteiger partial charge on any atom is -0.277 e. The van der Waals surface area contributed by atoms with Gasteiger partial charge in [-0.15, -0.1) is 0 Å². The van der Waals surface area contributed by atoms with Gasteiger partial charge < -0.3 is 0 Å². The number of nitrogens with one attached hydrogen (secondary N) is 1. The summed E-state index contributed by atoms with van der Waals surface area (Å²) in [6, 6.07) is 5.48. The summed E-state index contributed by atoms with van der Waals surface area (Å²) in [5.41, 5.74) is 0.0775. The fourth-order valence-electron chi connectivity index (χ4n) is 4.61. The van der Waals surface area contributed by atoms with E-state index in [0.29, 0.717) is 28.2 Å². The first kappa shape index (κ1) is 21.6. The van der Waals surface area contributed by atoms with Crippen LogP contribution >= 0.6 is 11.6 Å². The highest BCUT2D eigenvalue weighted by atomic mass is 35.5. The average molecular weight is 548 g/mol. The summed E-state index contributed by atoms with van der Waals surface area (Å²) in [6.45, 7) is 0.642. The highest BCUT2D eigenvalue weighted by Crippen LogP contribution is 2.55. The molecule has 5 rings (SSSR count). The van der Waals surface area contributed by atoms with Crippen LogP contribution in [-0.4, -0.2) is 35.0 Å². The lowest BCUT2D eigenvalue weighted by atomic mass is 10.1. The highest BCUT2D eigenvalue weighted by molar-refractivity contribution is 7.91. The molecule has 0 saturated heterocycles. The van der Waals surface area contributed by atoms with Crippen molar-refractivity contribution in [2.24, 2.45) is 6.98 Å². The van der Waals surface area contributed by atoms with Gasteiger partial charge in [0, 0.05) is 40.7 Å². The molecular weight excluding hydrogens is 522 g/mol. The van der Waals surface area contributed by atoms with E-state index < -0.39 is 39.6 Å². The Bertz CT molecular complexity index is 1860. The van der Waals surface area contributed by atoms with E-state index in [-0.39, 0.29) is 38.6 Å². The van der Waals surface area contributed by atoms with Crippen LogP contribution in [0.4, 0.5) is 8.78 Å². The Balaban J connectivity index is 1.58. The van der Waals surface area contributed by atoms with E-state index in [1.54, 1.807) is 19.9 Å². The van der Waals surface area contributed by atoms with E-state index in [2.05, 4.69) is 15.2 Å². The van der Waals surface area contributed by atoms with Gasteiger partial charge in [-0.25, -0.2) is 17.8 Å². The van der Waals surface area contributed by atoms with Crippen molar-refractivity contribution in [1.82, 2.24) is 24.5 Å². The standard InChI is InChI=1S/C25H23ClF2N6O2S/c1-12-10-30-23(14-6-5-7-19(21(14)27)37(4,29)36)22(28)24(12)34-13(2)8-17(20(26)25(34)35)15-9-16(15)18-11-31-33(3)32-18/h5-8,10-11,15-16,29H,9H2,1-4H3/t15-,16-,37?/m0/s1/i3D3. The fraction of sp³-hybridized carbons (Fsp3) is 0.280. The highest BCUT2D eigenvalue weighted by Gasteiger charge is 2.43. The zero-order valence-electron chi connectivity index (χ0n) is 22.9. The molecule has 0 aliphatic heterocycles. The van der Waals surface area contributed by atoms with Crippen LogP contribution in [0.5, 0.6) is 0 Å². The summed E-state index contributed by atoms with van der Waals surface area (Å²) in [4.78, 5) is 17.9. The zero-order chi connectivity index (χ0) is 29.3. The molecule has 0 spiro atoms. The van der Waals surface area contributed by atoms with Crippen molar-refractivity contribution in [2.45, 2.75) is 37.0 Å². The second kappa shape index (κ2) is 8.84. The van der Waals surface area contributed by atoms with Gasteiger partial charge in [0.25, 0.3) is 5.56 Å². The zero-order valence-corrected chi connectivity index (χ0v) is 21.5. The van der Waals surface area contributed by atoms with Gasteiger partial charge in [0.15, 0.2) is 5.82 Å². The molecule has 1 aliphatic rings. The number of benzene rings is 1. The Hall–Kier alpha value is -3.44. The van der Waals surface area contributed by atoms with Crippen molar-refractivity contribution in [1.29, 1.82) is 4.78 Å². The predicted octanol–water partition coefficient (Wildman–Crippen LogP) is 4.88. The van der Waals surface area contributed by atoms with E-state index in [4.69, 9.17) is 20.5 Å². The lowest BCUT2D eigenvalue weighted by Gasteiger charge is -2.18. The first-order chi connectivity index (χ1) is 18.6. The van der Waals surface area contributed by atoms with E-state index in [1.807, 2.05) is 0 Å².